The van der Waals surface area contributed by atoms with Gasteiger partial charge in [0.05, 0.1) is 12.2 Å². The highest BCUT2D eigenvalue weighted by Gasteiger charge is 2.20. The molecule has 0 atom stereocenters. The molecule has 0 aliphatic carbocycles. The third-order valence-corrected chi connectivity index (χ3v) is 5.32. The lowest BCUT2D eigenvalue weighted by Crippen LogP contribution is -2.31. The molecule has 0 spiro atoms. The number of amides is 1. The van der Waals surface area contributed by atoms with Crippen LogP contribution in [-0.4, -0.2) is 27.2 Å². The fourth-order valence-corrected chi connectivity index (χ4v) is 3.84. The molecule has 0 saturated carbocycles. The molecule has 0 radical (unpaired) electrons. The summed E-state index contributed by atoms with van der Waals surface area (Å²) < 4.78 is 1.85. The van der Waals surface area contributed by atoms with E-state index in [1.165, 1.54) is 11.3 Å². The van der Waals surface area contributed by atoms with E-state index in [1.807, 2.05) is 76.9 Å². The minimum absolute atomic E-state index is 0.0931. The Hall–Kier alpha value is -3.51. The Balaban J connectivity index is 1.54. The maximum absolute atomic E-state index is 13.1. The topological polar surface area (TPSA) is 51.0 Å². The Bertz CT molecular complexity index is 1090. The first-order valence-corrected chi connectivity index (χ1v) is 10.1. The van der Waals surface area contributed by atoms with Gasteiger partial charge < -0.3 is 0 Å². The Morgan fingerprint density at radius 3 is 2.59 bits per heavy atom. The maximum Gasteiger partial charge on any atom is 0.260 e. The second-order valence-electron chi connectivity index (χ2n) is 6.49. The molecule has 2 aromatic heterocycles. The van der Waals surface area contributed by atoms with E-state index in [-0.39, 0.29) is 5.91 Å². The van der Waals surface area contributed by atoms with E-state index < -0.39 is 0 Å². The van der Waals surface area contributed by atoms with E-state index in [9.17, 15) is 4.79 Å². The Kier molecular flexibility index (Phi) is 5.63. The summed E-state index contributed by atoms with van der Waals surface area (Å²) in [5.74, 6) is -0.0931. The first-order valence-electron chi connectivity index (χ1n) is 9.24. The van der Waals surface area contributed by atoms with Crippen molar-refractivity contribution in [2.45, 2.75) is 6.54 Å². The molecule has 0 aliphatic heterocycles. The molecule has 5 nitrogen and oxygen atoms in total. The van der Waals surface area contributed by atoms with Crippen molar-refractivity contribution in [1.82, 2.24) is 14.8 Å². The summed E-state index contributed by atoms with van der Waals surface area (Å²) in [5.41, 5.74) is 3.60. The quantitative estimate of drug-likeness (QED) is 0.415. The van der Waals surface area contributed by atoms with Gasteiger partial charge in [0, 0.05) is 35.4 Å². The van der Waals surface area contributed by atoms with Crippen LogP contribution >= 0.6 is 11.3 Å². The van der Waals surface area contributed by atoms with Crippen LogP contribution in [0.25, 0.3) is 11.3 Å². The second kappa shape index (κ2) is 8.67. The standard InChI is InChI=1S/C23H20N4OS/c1-2-14-27(23-25-21(17-29-23)19-7-4-3-5-8-19)22(28)20-11-9-18(10-12-20)16-26-15-6-13-24-26/h2-13,15,17H,1,14,16H2. The van der Waals surface area contributed by atoms with Gasteiger partial charge in [0.1, 0.15) is 0 Å². The van der Waals surface area contributed by atoms with Crippen LogP contribution in [0.4, 0.5) is 5.13 Å². The molecule has 144 valence electrons. The summed E-state index contributed by atoms with van der Waals surface area (Å²) in [5, 5.41) is 6.85. The van der Waals surface area contributed by atoms with E-state index in [2.05, 4.69) is 16.7 Å². The van der Waals surface area contributed by atoms with Crippen molar-refractivity contribution in [2.24, 2.45) is 0 Å². The summed E-state index contributed by atoms with van der Waals surface area (Å²) in [4.78, 5) is 19.5. The number of carbonyl (C=O) groups excluding carboxylic acids is 1. The predicted molar refractivity (Wildman–Crippen MR) is 117 cm³/mol. The number of benzene rings is 2. The minimum atomic E-state index is -0.0931. The molecule has 0 aliphatic rings. The summed E-state index contributed by atoms with van der Waals surface area (Å²) in [6.07, 6.45) is 5.38. The molecule has 2 heterocycles. The molecule has 0 unspecified atom stereocenters. The smallest absolute Gasteiger partial charge is 0.260 e. The van der Waals surface area contributed by atoms with Crippen LogP contribution in [0.1, 0.15) is 15.9 Å². The van der Waals surface area contributed by atoms with Gasteiger partial charge in [0.2, 0.25) is 0 Å². The van der Waals surface area contributed by atoms with Crippen molar-refractivity contribution < 1.29 is 4.79 Å². The molecule has 0 N–H and O–H groups in total. The number of rotatable bonds is 7. The average molecular weight is 401 g/mol. The largest absolute Gasteiger partial charge is 0.280 e. The van der Waals surface area contributed by atoms with Crippen molar-refractivity contribution in [2.75, 3.05) is 11.4 Å². The highest BCUT2D eigenvalue weighted by Crippen LogP contribution is 2.28. The Morgan fingerprint density at radius 1 is 1.10 bits per heavy atom. The number of anilines is 1. The first kappa shape index (κ1) is 18.8. The van der Waals surface area contributed by atoms with Gasteiger partial charge in [0.15, 0.2) is 5.13 Å². The van der Waals surface area contributed by atoms with E-state index in [4.69, 9.17) is 0 Å². The van der Waals surface area contributed by atoms with Crippen LogP contribution in [0.2, 0.25) is 0 Å². The zero-order chi connectivity index (χ0) is 20.1. The van der Waals surface area contributed by atoms with E-state index in [0.29, 0.717) is 23.8 Å². The van der Waals surface area contributed by atoms with Crippen LogP contribution in [0.15, 0.2) is 91.1 Å². The van der Waals surface area contributed by atoms with Gasteiger partial charge in [-0.05, 0) is 23.8 Å². The van der Waals surface area contributed by atoms with Crippen molar-refractivity contribution in [3.63, 3.8) is 0 Å². The first-order chi connectivity index (χ1) is 14.2. The second-order valence-corrected chi connectivity index (χ2v) is 7.32. The van der Waals surface area contributed by atoms with Crippen LogP contribution in [-0.2, 0) is 6.54 Å². The summed E-state index contributed by atoms with van der Waals surface area (Å²) >= 11 is 1.46. The molecule has 4 rings (SSSR count). The highest BCUT2D eigenvalue weighted by atomic mass is 32.1. The summed E-state index contributed by atoms with van der Waals surface area (Å²) in [6, 6.07) is 19.5. The highest BCUT2D eigenvalue weighted by molar-refractivity contribution is 7.14. The molecule has 4 aromatic rings. The Labute approximate surface area is 173 Å². The van der Waals surface area contributed by atoms with Crippen molar-refractivity contribution >= 4 is 22.4 Å². The number of carbonyl (C=O) groups is 1. The molecular weight excluding hydrogens is 380 g/mol. The number of thiazole rings is 1. The molecule has 29 heavy (non-hydrogen) atoms. The number of nitrogens with zero attached hydrogens (tertiary/aromatic N) is 4. The van der Waals surface area contributed by atoms with Crippen LogP contribution in [0.5, 0.6) is 0 Å². The van der Waals surface area contributed by atoms with Crippen molar-refractivity contribution in [3.8, 4) is 11.3 Å². The third kappa shape index (κ3) is 4.33. The molecule has 6 heteroatoms. The molecule has 0 fully saturated rings. The normalized spacial score (nSPS) is 10.6. The van der Waals surface area contributed by atoms with Gasteiger partial charge in [-0.2, -0.15) is 5.10 Å². The van der Waals surface area contributed by atoms with Crippen LogP contribution in [0, 0.1) is 0 Å². The molecule has 0 saturated heterocycles. The fraction of sp³-hybridized carbons (Fsp3) is 0.0870. The SMILES string of the molecule is C=CCN(C(=O)c1ccc(Cn2cccn2)cc1)c1nc(-c2ccccc2)cs1. The Morgan fingerprint density at radius 2 is 1.90 bits per heavy atom. The van der Waals surface area contributed by atoms with Crippen molar-refractivity contribution in [3.05, 3.63) is 102 Å². The van der Waals surface area contributed by atoms with Gasteiger partial charge in [-0.25, -0.2) is 4.98 Å². The van der Waals surface area contributed by atoms with Gasteiger partial charge in [-0.3, -0.25) is 14.4 Å². The molecular formula is C23H20N4OS. The monoisotopic (exact) mass is 400 g/mol. The number of aromatic nitrogens is 3. The van der Waals surface area contributed by atoms with E-state index in [0.717, 1.165) is 16.8 Å². The lowest BCUT2D eigenvalue weighted by atomic mass is 10.1. The van der Waals surface area contributed by atoms with Gasteiger partial charge in [0.25, 0.3) is 5.91 Å². The molecule has 0 bridgehead atoms. The maximum atomic E-state index is 13.1. The predicted octanol–water partition coefficient (Wildman–Crippen LogP) is 4.89. The number of hydrogen-bond donors (Lipinski definition) is 0. The van der Waals surface area contributed by atoms with E-state index in [1.54, 1.807) is 17.2 Å². The average Bonchev–Trinajstić information content (AvgIpc) is 3.45. The lowest BCUT2D eigenvalue weighted by molar-refractivity contribution is 0.0989. The van der Waals surface area contributed by atoms with Gasteiger partial charge in [-0.1, -0.05) is 48.5 Å². The zero-order valence-electron chi connectivity index (χ0n) is 15.8. The third-order valence-electron chi connectivity index (χ3n) is 4.45. The van der Waals surface area contributed by atoms with Gasteiger partial charge in [-0.15, -0.1) is 17.9 Å². The molecule has 1 amide bonds. The van der Waals surface area contributed by atoms with E-state index >= 15 is 0 Å². The summed E-state index contributed by atoms with van der Waals surface area (Å²) in [6.45, 7) is 4.87. The van der Waals surface area contributed by atoms with Gasteiger partial charge >= 0.3 is 0 Å². The van der Waals surface area contributed by atoms with Crippen molar-refractivity contribution in [1.29, 1.82) is 0 Å². The van der Waals surface area contributed by atoms with Crippen LogP contribution in [0.3, 0.4) is 0 Å². The van der Waals surface area contributed by atoms with Crippen LogP contribution < -0.4 is 4.90 Å². The summed E-state index contributed by atoms with van der Waals surface area (Å²) in [7, 11) is 0. The lowest BCUT2D eigenvalue weighted by Gasteiger charge is -2.18. The zero-order valence-corrected chi connectivity index (χ0v) is 16.6. The molecule has 2 aromatic carbocycles. The minimum Gasteiger partial charge on any atom is -0.280 e. The fourth-order valence-electron chi connectivity index (χ4n) is 3.00. The number of hydrogen-bond acceptors (Lipinski definition) is 4.